The molecule has 0 spiro atoms. The van der Waals surface area contributed by atoms with Gasteiger partial charge in [-0.1, -0.05) is 0 Å². The molecule has 0 aromatic heterocycles. The van der Waals surface area contributed by atoms with E-state index in [2.05, 4.69) is 15.3 Å². The maximum Gasteiger partial charge on any atom is 0.387 e. The number of hydrogen-bond donors (Lipinski definition) is 1. The average Bonchev–Trinajstić information content (AvgIpc) is 2.59. The molecule has 0 radical (unpaired) electrons. The maximum absolute atomic E-state index is 12.1. The minimum absolute atomic E-state index is 0.0180. The van der Waals surface area contributed by atoms with Crippen molar-refractivity contribution in [3.8, 4) is 5.75 Å². The summed E-state index contributed by atoms with van der Waals surface area (Å²) in [5.41, 5.74) is 2.49. The molecule has 136 valence electrons. The van der Waals surface area contributed by atoms with E-state index in [1.54, 1.807) is 6.92 Å². The van der Waals surface area contributed by atoms with Crippen molar-refractivity contribution in [1.29, 1.82) is 0 Å². The molecule has 0 amide bonds. The number of ether oxygens (including phenoxy) is 1. The number of alkyl halides is 2. The standard InChI is InChI=1S/C15H12F2N4O5/c1-9(10-2-5-12(6-3-10)26-15(16)17)18-19-13-7-4-11(20(22)23)8-14(13)21(24)25/h2-8,15,19H,1H3. The summed E-state index contributed by atoms with van der Waals surface area (Å²) in [6, 6.07) is 8.74. The van der Waals surface area contributed by atoms with Crippen molar-refractivity contribution >= 4 is 22.8 Å². The lowest BCUT2D eigenvalue weighted by atomic mass is 10.1. The van der Waals surface area contributed by atoms with Crippen LogP contribution in [0.1, 0.15) is 12.5 Å². The van der Waals surface area contributed by atoms with Crippen LogP contribution >= 0.6 is 0 Å². The Balaban J connectivity index is 2.20. The summed E-state index contributed by atoms with van der Waals surface area (Å²) in [7, 11) is 0. The number of rotatable bonds is 7. The molecule has 0 unspecified atom stereocenters. The second kappa shape index (κ2) is 7.96. The average molecular weight is 366 g/mol. The molecule has 0 aliphatic heterocycles. The van der Waals surface area contributed by atoms with Gasteiger partial charge >= 0.3 is 12.3 Å². The molecule has 0 aliphatic carbocycles. The molecule has 2 aromatic carbocycles. The van der Waals surface area contributed by atoms with Crippen molar-refractivity contribution in [2.45, 2.75) is 13.5 Å². The third-order valence-electron chi connectivity index (χ3n) is 3.23. The smallest absolute Gasteiger partial charge is 0.387 e. The van der Waals surface area contributed by atoms with E-state index in [1.807, 2.05) is 0 Å². The van der Waals surface area contributed by atoms with Crippen LogP contribution in [0.15, 0.2) is 47.6 Å². The summed E-state index contributed by atoms with van der Waals surface area (Å²) in [6.07, 6.45) is 0. The molecular weight excluding hydrogens is 354 g/mol. The van der Waals surface area contributed by atoms with Gasteiger partial charge in [0.15, 0.2) is 0 Å². The Labute approximate surface area is 145 Å². The van der Waals surface area contributed by atoms with Gasteiger partial charge in [0.2, 0.25) is 0 Å². The summed E-state index contributed by atoms with van der Waals surface area (Å²) < 4.78 is 28.5. The fraction of sp³-hybridized carbons (Fsp3) is 0.133. The Morgan fingerprint density at radius 3 is 2.31 bits per heavy atom. The zero-order chi connectivity index (χ0) is 19.3. The number of nitrogens with zero attached hydrogens (tertiary/aromatic N) is 3. The first-order valence-electron chi connectivity index (χ1n) is 7.06. The summed E-state index contributed by atoms with van der Waals surface area (Å²) in [5, 5.41) is 25.7. The molecule has 0 fully saturated rings. The predicted molar refractivity (Wildman–Crippen MR) is 88.7 cm³/mol. The number of halogens is 2. The monoisotopic (exact) mass is 366 g/mol. The molecule has 0 aliphatic rings. The van der Waals surface area contributed by atoms with Crippen molar-refractivity contribution in [3.63, 3.8) is 0 Å². The first-order valence-corrected chi connectivity index (χ1v) is 7.06. The van der Waals surface area contributed by atoms with Crippen LogP contribution in [-0.4, -0.2) is 22.2 Å². The SMILES string of the molecule is CC(=NNc1ccc([N+](=O)[O-])cc1[N+](=O)[O-])c1ccc(OC(F)F)cc1. The van der Waals surface area contributed by atoms with E-state index < -0.39 is 27.8 Å². The van der Waals surface area contributed by atoms with Crippen LogP contribution in [0.3, 0.4) is 0 Å². The molecule has 9 nitrogen and oxygen atoms in total. The topological polar surface area (TPSA) is 120 Å². The van der Waals surface area contributed by atoms with E-state index in [1.165, 1.54) is 30.3 Å². The predicted octanol–water partition coefficient (Wildman–Crippen LogP) is 3.94. The van der Waals surface area contributed by atoms with Gasteiger partial charge in [-0.25, -0.2) is 0 Å². The van der Waals surface area contributed by atoms with Crippen LogP contribution < -0.4 is 10.2 Å². The molecule has 1 N–H and O–H groups in total. The number of benzene rings is 2. The minimum atomic E-state index is -2.93. The van der Waals surface area contributed by atoms with Crippen molar-refractivity contribution in [2.24, 2.45) is 5.10 Å². The summed E-state index contributed by atoms with van der Waals surface area (Å²) in [6.45, 7) is -1.34. The van der Waals surface area contributed by atoms with Gasteiger partial charge < -0.3 is 4.74 Å². The highest BCUT2D eigenvalue weighted by molar-refractivity contribution is 5.99. The molecule has 26 heavy (non-hydrogen) atoms. The molecule has 0 atom stereocenters. The largest absolute Gasteiger partial charge is 0.435 e. The summed E-state index contributed by atoms with van der Waals surface area (Å²) in [4.78, 5) is 20.3. The van der Waals surface area contributed by atoms with E-state index in [0.29, 0.717) is 11.3 Å². The Morgan fingerprint density at radius 1 is 1.12 bits per heavy atom. The fourth-order valence-electron chi connectivity index (χ4n) is 1.97. The van der Waals surface area contributed by atoms with E-state index in [0.717, 1.165) is 12.1 Å². The highest BCUT2D eigenvalue weighted by Gasteiger charge is 2.19. The number of hydrazone groups is 1. The zero-order valence-corrected chi connectivity index (χ0v) is 13.3. The molecule has 2 rings (SSSR count). The van der Waals surface area contributed by atoms with Crippen molar-refractivity contribution in [3.05, 3.63) is 68.3 Å². The van der Waals surface area contributed by atoms with Gasteiger partial charge in [0, 0.05) is 6.07 Å². The van der Waals surface area contributed by atoms with Gasteiger partial charge in [0.25, 0.3) is 5.69 Å². The second-order valence-electron chi connectivity index (χ2n) is 4.93. The van der Waals surface area contributed by atoms with Crippen LogP contribution in [0, 0.1) is 20.2 Å². The Hall–Kier alpha value is -3.63. The van der Waals surface area contributed by atoms with Crippen molar-refractivity contribution < 1.29 is 23.4 Å². The summed E-state index contributed by atoms with van der Waals surface area (Å²) in [5.74, 6) is -0.0180. The second-order valence-corrected chi connectivity index (χ2v) is 4.93. The molecular formula is C15H12F2N4O5. The quantitative estimate of drug-likeness (QED) is 0.450. The van der Waals surface area contributed by atoms with E-state index in [9.17, 15) is 29.0 Å². The van der Waals surface area contributed by atoms with Crippen LogP contribution in [0.5, 0.6) is 5.75 Å². The van der Waals surface area contributed by atoms with Gasteiger partial charge in [-0.3, -0.25) is 25.7 Å². The molecule has 0 saturated carbocycles. The lowest BCUT2D eigenvalue weighted by Gasteiger charge is -2.07. The zero-order valence-electron chi connectivity index (χ0n) is 13.3. The van der Waals surface area contributed by atoms with Crippen LogP contribution in [0.2, 0.25) is 0 Å². The number of nitrogens with one attached hydrogen (secondary N) is 1. The number of nitro benzene ring substituents is 2. The number of non-ortho nitro benzene ring substituents is 1. The molecule has 11 heteroatoms. The van der Waals surface area contributed by atoms with E-state index in [-0.39, 0.29) is 11.4 Å². The van der Waals surface area contributed by atoms with Gasteiger partial charge in [0.05, 0.1) is 21.6 Å². The number of nitro groups is 2. The van der Waals surface area contributed by atoms with Gasteiger partial charge in [0.1, 0.15) is 11.4 Å². The van der Waals surface area contributed by atoms with Gasteiger partial charge in [-0.2, -0.15) is 13.9 Å². The number of anilines is 1. The van der Waals surface area contributed by atoms with Crippen LogP contribution in [0.25, 0.3) is 0 Å². The summed E-state index contributed by atoms with van der Waals surface area (Å²) >= 11 is 0. The Morgan fingerprint density at radius 2 is 1.77 bits per heavy atom. The lowest BCUT2D eigenvalue weighted by molar-refractivity contribution is -0.393. The third-order valence-corrected chi connectivity index (χ3v) is 3.23. The lowest BCUT2D eigenvalue weighted by Crippen LogP contribution is -2.04. The van der Waals surface area contributed by atoms with Gasteiger partial charge in [-0.15, -0.1) is 0 Å². The van der Waals surface area contributed by atoms with E-state index >= 15 is 0 Å². The first kappa shape index (κ1) is 18.7. The van der Waals surface area contributed by atoms with Crippen LogP contribution in [-0.2, 0) is 0 Å². The fourth-order valence-corrected chi connectivity index (χ4v) is 1.97. The van der Waals surface area contributed by atoms with Crippen LogP contribution in [0.4, 0.5) is 25.8 Å². The third kappa shape index (κ3) is 4.69. The molecule has 0 saturated heterocycles. The van der Waals surface area contributed by atoms with Crippen molar-refractivity contribution in [1.82, 2.24) is 0 Å². The molecule has 2 aromatic rings. The molecule has 0 heterocycles. The molecule has 0 bridgehead atoms. The first-order chi connectivity index (χ1) is 12.3. The Bertz CT molecular complexity index is 856. The highest BCUT2D eigenvalue weighted by atomic mass is 19.3. The number of hydrogen-bond acceptors (Lipinski definition) is 7. The highest BCUT2D eigenvalue weighted by Crippen LogP contribution is 2.29. The maximum atomic E-state index is 12.1. The van der Waals surface area contributed by atoms with Gasteiger partial charge in [-0.05, 0) is 42.8 Å². The van der Waals surface area contributed by atoms with E-state index in [4.69, 9.17) is 0 Å². The minimum Gasteiger partial charge on any atom is -0.435 e. The van der Waals surface area contributed by atoms with Crippen molar-refractivity contribution in [2.75, 3.05) is 5.43 Å². The normalized spacial score (nSPS) is 11.3. The Kier molecular flexibility index (Phi) is 5.73.